The van der Waals surface area contributed by atoms with E-state index in [0.29, 0.717) is 5.92 Å². The van der Waals surface area contributed by atoms with Gasteiger partial charge in [0.2, 0.25) is 0 Å². The monoisotopic (exact) mass is 351 g/mol. The summed E-state index contributed by atoms with van der Waals surface area (Å²) in [4.78, 5) is 0. The van der Waals surface area contributed by atoms with E-state index in [2.05, 4.69) is 72.8 Å². The predicted octanol–water partition coefficient (Wildman–Crippen LogP) is 6.95. The largest absolute Gasteiger partial charge is 0.304 e. The van der Waals surface area contributed by atoms with E-state index in [-0.39, 0.29) is 5.92 Å². The van der Waals surface area contributed by atoms with Crippen LogP contribution in [0.5, 0.6) is 0 Å². The standard InChI is InChI=1S/C26H25N/c27-26(19-9-2-1-3-10-19)25-17-21-12-5-4-11-20(21)16-24(25)23-15-14-18-8-6-7-13-22(18)23/h4-8,11-17,19,23,27H,1-3,9-10H2. The maximum absolute atomic E-state index is 9.06. The van der Waals surface area contributed by atoms with E-state index < -0.39 is 0 Å². The number of hydrogen-bond donors (Lipinski definition) is 1. The third-order valence-corrected chi connectivity index (χ3v) is 6.36. The fourth-order valence-corrected chi connectivity index (χ4v) is 4.88. The van der Waals surface area contributed by atoms with Gasteiger partial charge >= 0.3 is 0 Å². The molecule has 0 radical (unpaired) electrons. The Balaban J connectivity index is 1.66. The molecule has 0 bridgehead atoms. The Morgan fingerprint density at radius 2 is 1.48 bits per heavy atom. The van der Waals surface area contributed by atoms with Gasteiger partial charge in [0.1, 0.15) is 0 Å². The van der Waals surface area contributed by atoms with Crippen molar-refractivity contribution in [1.29, 1.82) is 5.41 Å². The van der Waals surface area contributed by atoms with Crippen molar-refractivity contribution >= 4 is 22.6 Å². The number of nitrogens with one attached hydrogen (secondary N) is 1. The van der Waals surface area contributed by atoms with Gasteiger partial charge in [0.25, 0.3) is 0 Å². The highest BCUT2D eigenvalue weighted by molar-refractivity contribution is 6.05. The minimum absolute atomic E-state index is 0.254. The Morgan fingerprint density at radius 3 is 2.30 bits per heavy atom. The van der Waals surface area contributed by atoms with E-state index in [1.54, 1.807) is 0 Å². The van der Waals surface area contributed by atoms with Crippen molar-refractivity contribution in [3.05, 3.63) is 89.0 Å². The van der Waals surface area contributed by atoms with Gasteiger partial charge in [-0.25, -0.2) is 0 Å². The average molecular weight is 351 g/mol. The van der Waals surface area contributed by atoms with Crippen molar-refractivity contribution in [2.24, 2.45) is 5.92 Å². The van der Waals surface area contributed by atoms with Crippen LogP contribution < -0.4 is 0 Å². The SMILES string of the molecule is N=C(c1cc2ccccc2cc1C1C=Cc2ccccc21)C1CCCCC1. The molecule has 1 atom stereocenters. The maximum Gasteiger partial charge on any atom is 0.0420 e. The highest BCUT2D eigenvalue weighted by Crippen LogP contribution is 2.39. The molecule has 0 aromatic heterocycles. The summed E-state index contributed by atoms with van der Waals surface area (Å²) in [6, 6.07) is 21.9. The van der Waals surface area contributed by atoms with Gasteiger partial charge in [0.15, 0.2) is 0 Å². The van der Waals surface area contributed by atoms with Crippen molar-refractivity contribution in [3.63, 3.8) is 0 Å². The van der Waals surface area contributed by atoms with Crippen LogP contribution in [-0.2, 0) is 0 Å². The Bertz CT molecular complexity index is 1040. The van der Waals surface area contributed by atoms with Gasteiger partial charge in [0, 0.05) is 23.1 Å². The molecule has 0 spiro atoms. The minimum atomic E-state index is 0.254. The van der Waals surface area contributed by atoms with Gasteiger partial charge in [-0.1, -0.05) is 79.9 Å². The van der Waals surface area contributed by atoms with E-state index in [1.165, 1.54) is 59.6 Å². The summed E-state index contributed by atoms with van der Waals surface area (Å²) >= 11 is 0. The first kappa shape index (κ1) is 16.5. The lowest BCUT2D eigenvalue weighted by Gasteiger charge is -2.26. The first-order valence-corrected chi connectivity index (χ1v) is 10.2. The highest BCUT2D eigenvalue weighted by atomic mass is 14.5. The van der Waals surface area contributed by atoms with Crippen LogP contribution in [0.3, 0.4) is 0 Å². The number of fused-ring (bicyclic) bond motifs is 2. The topological polar surface area (TPSA) is 23.9 Å². The average Bonchev–Trinajstić information content (AvgIpc) is 3.17. The van der Waals surface area contributed by atoms with Crippen molar-refractivity contribution in [2.75, 3.05) is 0 Å². The molecule has 1 heteroatoms. The molecule has 3 aromatic rings. The smallest absolute Gasteiger partial charge is 0.0420 e. The van der Waals surface area contributed by atoms with Gasteiger partial charge in [0.05, 0.1) is 0 Å². The van der Waals surface area contributed by atoms with Gasteiger partial charge < -0.3 is 5.41 Å². The van der Waals surface area contributed by atoms with Crippen LogP contribution in [0.4, 0.5) is 0 Å². The number of hydrogen-bond acceptors (Lipinski definition) is 1. The molecule has 1 nitrogen and oxygen atoms in total. The lowest BCUT2D eigenvalue weighted by Crippen LogP contribution is -2.20. The van der Waals surface area contributed by atoms with E-state index >= 15 is 0 Å². The molecule has 0 heterocycles. The molecular formula is C26H25N. The van der Waals surface area contributed by atoms with Crippen LogP contribution in [-0.4, -0.2) is 5.71 Å². The zero-order valence-electron chi connectivity index (χ0n) is 15.6. The molecule has 0 saturated heterocycles. The molecule has 2 aliphatic rings. The summed E-state index contributed by atoms with van der Waals surface area (Å²) in [6.45, 7) is 0. The van der Waals surface area contributed by atoms with Gasteiger partial charge in [-0.3, -0.25) is 0 Å². The molecule has 1 unspecified atom stereocenters. The van der Waals surface area contributed by atoms with Crippen molar-refractivity contribution in [3.8, 4) is 0 Å². The molecule has 0 aliphatic heterocycles. The summed E-state index contributed by atoms with van der Waals surface area (Å²) < 4.78 is 0. The molecule has 27 heavy (non-hydrogen) atoms. The minimum Gasteiger partial charge on any atom is -0.304 e. The Morgan fingerprint density at radius 1 is 0.778 bits per heavy atom. The summed E-state index contributed by atoms with van der Waals surface area (Å²) in [7, 11) is 0. The van der Waals surface area contributed by atoms with Crippen LogP contribution in [0.1, 0.15) is 60.3 Å². The molecule has 0 amide bonds. The first-order chi connectivity index (χ1) is 13.3. The molecule has 3 aromatic carbocycles. The zero-order valence-corrected chi connectivity index (χ0v) is 15.6. The normalized spacial score (nSPS) is 19.3. The van der Waals surface area contributed by atoms with Gasteiger partial charge in [-0.15, -0.1) is 0 Å². The fourth-order valence-electron chi connectivity index (χ4n) is 4.88. The van der Waals surface area contributed by atoms with Crippen molar-refractivity contribution in [1.82, 2.24) is 0 Å². The second kappa shape index (κ2) is 6.81. The van der Waals surface area contributed by atoms with Crippen LogP contribution in [0, 0.1) is 11.3 Å². The van der Waals surface area contributed by atoms with Crippen LogP contribution >= 0.6 is 0 Å². The Labute approximate surface area is 161 Å². The molecule has 134 valence electrons. The molecular weight excluding hydrogens is 326 g/mol. The predicted molar refractivity (Wildman–Crippen MR) is 115 cm³/mol. The van der Waals surface area contributed by atoms with Crippen LogP contribution in [0.15, 0.2) is 66.7 Å². The second-order valence-electron chi connectivity index (χ2n) is 8.00. The maximum atomic E-state index is 9.06. The lowest BCUT2D eigenvalue weighted by molar-refractivity contribution is 0.438. The summed E-state index contributed by atoms with van der Waals surface area (Å²) in [5.41, 5.74) is 5.99. The molecule has 1 N–H and O–H groups in total. The van der Waals surface area contributed by atoms with E-state index in [9.17, 15) is 0 Å². The van der Waals surface area contributed by atoms with Gasteiger partial charge in [-0.05, 0) is 52.4 Å². The third-order valence-electron chi connectivity index (χ3n) is 6.36. The fraction of sp³-hybridized carbons (Fsp3) is 0.269. The van der Waals surface area contributed by atoms with Crippen LogP contribution in [0.2, 0.25) is 0 Å². The molecule has 2 aliphatic carbocycles. The van der Waals surface area contributed by atoms with E-state index in [1.807, 2.05) is 0 Å². The Hall–Kier alpha value is -2.67. The zero-order chi connectivity index (χ0) is 18.2. The summed E-state index contributed by atoms with van der Waals surface area (Å²) in [5.74, 6) is 0.670. The van der Waals surface area contributed by atoms with Gasteiger partial charge in [-0.2, -0.15) is 0 Å². The quantitative estimate of drug-likeness (QED) is 0.494. The number of allylic oxidation sites excluding steroid dienone is 1. The number of benzene rings is 3. The highest BCUT2D eigenvalue weighted by Gasteiger charge is 2.26. The molecule has 5 rings (SSSR count). The lowest BCUT2D eigenvalue weighted by atomic mass is 9.79. The Kier molecular flexibility index (Phi) is 4.16. The summed E-state index contributed by atoms with van der Waals surface area (Å²) in [5, 5.41) is 11.6. The first-order valence-electron chi connectivity index (χ1n) is 10.2. The van der Waals surface area contributed by atoms with Crippen molar-refractivity contribution < 1.29 is 0 Å². The molecule has 1 fully saturated rings. The second-order valence-corrected chi connectivity index (χ2v) is 8.00. The van der Waals surface area contributed by atoms with E-state index in [4.69, 9.17) is 5.41 Å². The molecule has 1 saturated carbocycles. The number of rotatable bonds is 3. The van der Waals surface area contributed by atoms with Crippen LogP contribution in [0.25, 0.3) is 16.8 Å². The van der Waals surface area contributed by atoms with E-state index in [0.717, 1.165) is 11.3 Å². The summed E-state index contributed by atoms with van der Waals surface area (Å²) in [6.07, 6.45) is 10.7. The third kappa shape index (κ3) is 2.92. The van der Waals surface area contributed by atoms with Crippen molar-refractivity contribution in [2.45, 2.75) is 38.0 Å².